The second-order valence-electron chi connectivity index (χ2n) is 12.8. The maximum Gasteiger partial charge on any atom is 0.0886 e. The van der Waals surface area contributed by atoms with E-state index in [4.69, 9.17) is 0 Å². The first-order valence-corrected chi connectivity index (χ1v) is 13.0. The summed E-state index contributed by atoms with van der Waals surface area (Å²) in [6, 6.07) is 0. The Balaban J connectivity index is 1.47. The molecule has 0 saturated heterocycles. The Hall–Kier alpha value is -0.460. The summed E-state index contributed by atoms with van der Waals surface area (Å²) in [6.07, 6.45) is 15.8. The van der Waals surface area contributed by atoms with Crippen LogP contribution in [0.25, 0.3) is 0 Å². The molecule has 0 aromatic rings. The number of hydrogen-bond acceptors (Lipinski definition) is 1. The lowest BCUT2D eigenvalue weighted by molar-refractivity contribution is -0.104. The van der Waals surface area contributed by atoms with Crippen LogP contribution >= 0.6 is 0 Å². The highest BCUT2D eigenvalue weighted by Crippen LogP contribution is 2.68. The summed E-state index contributed by atoms with van der Waals surface area (Å²) < 4.78 is 0. The number of fused-ring (bicyclic) bond motifs is 5. The van der Waals surface area contributed by atoms with E-state index in [1.165, 1.54) is 51.4 Å². The lowest BCUT2D eigenvalue weighted by Crippen LogP contribution is -2.52. The Morgan fingerprint density at radius 2 is 1.66 bits per heavy atom. The average Bonchev–Trinajstić information content (AvgIpc) is 3.03. The number of aliphatic hydroxyl groups excluding tert-OH is 1. The Morgan fingerprint density at radius 1 is 0.931 bits per heavy atom. The van der Waals surface area contributed by atoms with Gasteiger partial charge in [0, 0.05) is 6.42 Å². The highest BCUT2D eigenvalue weighted by Gasteiger charge is 2.60. The summed E-state index contributed by atoms with van der Waals surface area (Å²) >= 11 is 0. The van der Waals surface area contributed by atoms with E-state index >= 15 is 0 Å². The van der Waals surface area contributed by atoms with Gasteiger partial charge in [-0.05, 0) is 109 Å². The summed E-state index contributed by atoms with van der Waals surface area (Å²) in [5.41, 5.74) is 1.05. The van der Waals surface area contributed by atoms with E-state index in [2.05, 4.69) is 47.6 Å². The molecule has 0 amide bonds. The van der Waals surface area contributed by atoms with Gasteiger partial charge in [0.05, 0.1) is 5.76 Å². The minimum absolute atomic E-state index is 0.451. The summed E-state index contributed by atoms with van der Waals surface area (Å²) in [6.45, 7) is 15.1. The highest BCUT2D eigenvalue weighted by atomic mass is 16.3. The second-order valence-corrected chi connectivity index (χ2v) is 12.8. The third-order valence-corrected chi connectivity index (χ3v) is 11.3. The molecule has 29 heavy (non-hydrogen) atoms. The molecule has 0 radical (unpaired) electrons. The normalized spacial score (nSPS) is 46.4. The topological polar surface area (TPSA) is 20.2 Å². The first-order chi connectivity index (χ1) is 13.7. The van der Waals surface area contributed by atoms with Crippen molar-refractivity contribution in [1.82, 2.24) is 0 Å². The van der Waals surface area contributed by atoms with Crippen LogP contribution in [0.4, 0.5) is 0 Å². The van der Waals surface area contributed by atoms with Gasteiger partial charge in [0.1, 0.15) is 0 Å². The average molecular weight is 401 g/mol. The Labute approximate surface area is 181 Å². The van der Waals surface area contributed by atoms with Crippen LogP contribution < -0.4 is 0 Å². The van der Waals surface area contributed by atoms with Gasteiger partial charge in [0.2, 0.25) is 0 Å². The summed E-state index contributed by atoms with van der Waals surface area (Å²) in [5, 5.41) is 10.1. The van der Waals surface area contributed by atoms with Crippen molar-refractivity contribution < 1.29 is 5.11 Å². The molecule has 0 spiro atoms. The van der Waals surface area contributed by atoms with Crippen molar-refractivity contribution in [3.8, 4) is 0 Å². The molecule has 3 fully saturated rings. The van der Waals surface area contributed by atoms with Crippen molar-refractivity contribution in [2.45, 2.75) is 106 Å². The van der Waals surface area contributed by atoms with Crippen LogP contribution in [0.1, 0.15) is 106 Å². The first kappa shape index (κ1) is 21.8. The van der Waals surface area contributed by atoms with Crippen molar-refractivity contribution in [3.05, 3.63) is 11.8 Å². The summed E-state index contributed by atoms with van der Waals surface area (Å²) in [5.74, 6) is 7.76. The van der Waals surface area contributed by atoms with Crippen molar-refractivity contribution in [3.63, 3.8) is 0 Å². The molecule has 0 aromatic carbocycles. The smallest absolute Gasteiger partial charge is 0.0886 e. The van der Waals surface area contributed by atoms with Gasteiger partial charge in [-0.25, -0.2) is 0 Å². The number of aliphatic hydroxyl groups is 1. The van der Waals surface area contributed by atoms with Gasteiger partial charge in [-0.1, -0.05) is 54.4 Å². The van der Waals surface area contributed by atoms with Crippen molar-refractivity contribution >= 4 is 0 Å². The minimum Gasteiger partial charge on any atom is -0.513 e. The minimum atomic E-state index is 0.451. The van der Waals surface area contributed by atoms with Crippen molar-refractivity contribution in [2.24, 2.45) is 58.2 Å². The van der Waals surface area contributed by atoms with Crippen molar-refractivity contribution in [1.29, 1.82) is 0 Å². The fraction of sp³-hybridized carbons (Fsp3) is 0.929. The van der Waals surface area contributed by atoms with Gasteiger partial charge in [0.15, 0.2) is 0 Å². The van der Waals surface area contributed by atoms with E-state index in [0.717, 1.165) is 60.2 Å². The van der Waals surface area contributed by atoms with E-state index in [9.17, 15) is 5.11 Å². The largest absolute Gasteiger partial charge is 0.513 e. The van der Waals surface area contributed by atoms with Gasteiger partial charge in [-0.15, -0.1) is 0 Å². The van der Waals surface area contributed by atoms with Crippen LogP contribution in [0.2, 0.25) is 0 Å². The van der Waals surface area contributed by atoms with E-state index in [1.54, 1.807) is 0 Å². The van der Waals surface area contributed by atoms with E-state index in [0.29, 0.717) is 16.6 Å². The highest BCUT2D eigenvalue weighted by molar-refractivity contribution is 5.14. The lowest BCUT2D eigenvalue weighted by atomic mass is 9.45. The van der Waals surface area contributed by atoms with E-state index < -0.39 is 0 Å². The predicted octanol–water partition coefficient (Wildman–Crippen LogP) is 8.41. The zero-order valence-corrected chi connectivity index (χ0v) is 20.2. The summed E-state index contributed by atoms with van der Waals surface area (Å²) in [7, 11) is 0. The second kappa shape index (κ2) is 7.90. The fourth-order valence-electron chi connectivity index (χ4n) is 8.90. The molecule has 0 aromatic heterocycles. The molecule has 1 N–H and O–H groups in total. The summed E-state index contributed by atoms with van der Waals surface area (Å²) in [4.78, 5) is 0. The molecule has 4 aliphatic carbocycles. The number of allylic oxidation sites excluding steroid dienone is 2. The Kier molecular flexibility index (Phi) is 5.93. The van der Waals surface area contributed by atoms with Crippen LogP contribution in [0.5, 0.6) is 0 Å². The molecule has 0 bridgehead atoms. The fourth-order valence-corrected chi connectivity index (χ4v) is 8.90. The number of hydrogen-bond donors (Lipinski definition) is 1. The van der Waals surface area contributed by atoms with Gasteiger partial charge in [-0.2, -0.15) is 0 Å². The Bertz CT molecular complexity index is 620. The Morgan fingerprint density at radius 3 is 2.38 bits per heavy atom. The zero-order chi connectivity index (χ0) is 21.0. The maximum absolute atomic E-state index is 10.1. The molecule has 4 rings (SSSR count). The van der Waals surface area contributed by atoms with Crippen LogP contribution in [0.3, 0.4) is 0 Å². The SMILES string of the molecule is CC(C)[C@H](C)CC[C@@H](C)[C@H]1CC[C@H]2[C@@H]3CCC4CC(O)=CC[C@]4(C)[C@H]3CC[C@]12C. The van der Waals surface area contributed by atoms with Gasteiger partial charge < -0.3 is 5.11 Å². The van der Waals surface area contributed by atoms with Crippen LogP contribution in [-0.4, -0.2) is 5.11 Å². The molecule has 3 saturated carbocycles. The maximum atomic E-state index is 10.1. The quantitative estimate of drug-likeness (QED) is 0.491. The molecule has 166 valence electrons. The molecule has 1 nitrogen and oxygen atoms in total. The molecular weight excluding hydrogens is 352 g/mol. The van der Waals surface area contributed by atoms with Crippen LogP contribution in [0.15, 0.2) is 11.8 Å². The van der Waals surface area contributed by atoms with Crippen molar-refractivity contribution in [2.75, 3.05) is 0 Å². The lowest BCUT2D eigenvalue weighted by Gasteiger charge is -2.60. The zero-order valence-electron chi connectivity index (χ0n) is 20.2. The van der Waals surface area contributed by atoms with Gasteiger partial charge in [0.25, 0.3) is 0 Å². The molecule has 4 aliphatic rings. The van der Waals surface area contributed by atoms with Gasteiger partial charge >= 0.3 is 0 Å². The first-order valence-electron chi connectivity index (χ1n) is 13.0. The third-order valence-electron chi connectivity index (χ3n) is 11.3. The molecule has 9 atom stereocenters. The van der Waals surface area contributed by atoms with Crippen LogP contribution in [0, 0.1) is 58.2 Å². The molecule has 0 aliphatic heterocycles. The molecular formula is C28H48O. The van der Waals surface area contributed by atoms with Crippen LogP contribution in [-0.2, 0) is 0 Å². The monoisotopic (exact) mass is 400 g/mol. The third kappa shape index (κ3) is 3.61. The van der Waals surface area contributed by atoms with E-state index in [-0.39, 0.29) is 0 Å². The predicted molar refractivity (Wildman–Crippen MR) is 124 cm³/mol. The van der Waals surface area contributed by atoms with Gasteiger partial charge in [-0.3, -0.25) is 0 Å². The molecule has 0 heterocycles. The molecule has 1 unspecified atom stereocenters. The standard InChI is InChI=1S/C28H48O/c1-18(2)19(3)7-8-20(4)24-11-12-25-23-10-9-21-17-22(29)13-15-27(21,5)26(23)14-16-28(24,25)6/h13,18-21,23-26,29H,7-12,14-17H2,1-6H3/t19-,20-,21?,23+,24-,25+,26+,27+,28-/m1/s1. The van der Waals surface area contributed by atoms with E-state index in [1.807, 2.05) is 0 Å². The number of rotatable bonds is 5. The molecule has 1 heteroatoms.